The third-order valence-electron chi connectivity index (χ3n) is 4.04. The van der Waals surface area contributed by atoms with Crippen LogP contribution in [0.5, 0.6) is 0 Å². The van der Waals surface area contributed by atoms with Gasteiger partial charge in [0.05, 0.1) is 0 Å². The van der Waals surface area contributed by atoms with E-state index in [0.717, 1.165) is 19.3 Å². The van der Waals surface area contributed by atoms with Crippen molar-refractivity contribution in [2.45, 2.75) is 30.1 Å². The number of anilines is 1. The first kappa shape index (κ1) is 14.4. The Hall–Kier alpha value is -1.18. The van der Waals surface area contributed by atoms with Gasteiger partial charge in [0.15, 0.2) is 16.0 Å². The summed E-state index contributed by atoms with van der Waals surface area (Å²) >= 11 is 7.51. The summed E-state index contributed by atoms with van der Waals surface area (Å²) in [7, 11) is -3.67. The summed E-state index contributed by atoms with van der Waals surface area (Å²) < 4.78 is 28.1. The van der Waals surface area contributed by atoms with E-state index in [-0.39, 0.29) is 0 Å². The highest BCUT2D eigenvalue weighted by atomic mass is 35.5. The van der Waals surface area contributed by atoms with Crippen molar-refractivity contribution in [3.63, 3.8) is 0 Å². The van der Waals surface area contributed by atoms with Gasteiger partial charge in [-0.3, -0.25) is 4.72 Å². The highest BCUT2D eigenvalue weighted by Gasteiger charge is 2.45. The monoisotopic (exact) mass is 355 g/mol. The lowest BCUT2D eigenvalue weighted by molar-refractivity contribution is 0.504. The second kappa shape index (κ2) is 5.18. The Morgan fingerprint density at radius 2 is 2.14 bits per heavy atom. The molecule has 0 saturated heterocycles. The second-order valence-corrected chi connectivity index (χ2v) is 8.57. The number of hydrogen-bond acceptors (Lipinski definition) is 5. The van der Waals surface area contributed by atoms with Gasteiger partial charge >= 0.3 is 0 Å². The summed E-state index contributed by atoms with van der Waals surface area (Å²) in [5, 5.41) is 1.52. The second-order valence-electron chi connectivity index (χ2n) is 5.47. The van der Waals surface area contributed by atoms with Crippen LogP contribution in [0.1, 0.15) is 17.5 Å². The third-order valence-corrected chi connectivity index (χ3v) is 6.95. The number of aliphatic imine (C=N–C) groups is 1. The number of nitrogens with zero attached hydrogens (tertiary/aromatic N) is 2. The van der Waals surface area contributed by atoms with Crippen LogP contribution >= 0.6 is 23.4 Å². The van der Waals surface area contributed by atoms with E-state index in [9.17, 15) is 8.42 Å². The summed E-state index contributed by atoms with van der Waals surface area (Å²) in [5.74, 6) is 0. The Morgan fingerprint density at radius 1 is 1.32 bits per heavy atom. The molecule has 0 spiro atoms. The van der Waals surface area contributed by atoms with Gasteiger partial charge in [-0.15, -0.1) is 0 Å². The first-order valence-corrected chi connectivity index (χ1v) is 9.88. The topological polar surface area (TPSA) is 61.8 Å². The molecule has 0 bridgehead atoms. The number of amidine groups is 1. The normalized spacial score (nSPS) is 26.0. The van der Waals surface area contributed by atoms with E-state index >= 15 is 0 Å². The van der Waals surface area contributed by atoms with E-state index in [1.165, 1.54) is 22.9 Å². The molecule has 2 aliphatic heterocycles. The van der Waals surface area contributed by atoms with Gasteiger partial charge in [0.2, 0.25) is 0 Å². The molecule has 1 aliphatic carbocycles. The van der Waals surface area contributed by atoms with Crippen molar-refractivity contribution in [3.8, 4) is 0 Å². The lowest BCUT2D eigenvalue weighted by atomic mass is 10.1. The Balaban J connectivity index is 1.60. The number of halogens is 1. The van der Waals surface area contributed by atoms with E-state index in [2.05, 4.69) is 9.71 Å². The lowest BCUT2D eigenvalue weighted by Crippen LogP contribution is -2.42. The Morgan fingerprint density at radius 3 is 3.00 bits per heavy atom. The summed E-state index contributed by atoms with van der Waals surface area (Å²) in [4.78, 5) is 5.80. The highest BCUT2D eigenvalue weighted by Crippen LogP contribution is 2.35. The van der Waals surface area contributed by atoms with Crippen molar-refractivity contribution in [1.82, 2.24) is 4.90 Å². The molecule has 0 saturated carbocycles. The number of benzene rings is 1. The number of sulfonamides is 1. The average Bonchev–Trinajstić information content (AvgIpc) is 3.11. The number of nitrogens with one attached hydrogen (secondary N) is 1. The molecule has 0 fully saturated rings. The molecule has 8 heteroatoms. The van der Waals surface area contributed by atoms with Crippen LogP contribution < -0.4 is 4.72 Å². The number of fused-ring (bicyclic) bond motifs is 2. The fourth-order valence-corrected chi connectivity index (χ4v) is 5.96. The van der Waals surface area contributed by atoms with Crippen LogP contribution in [0.25, 0.3) is 0 Å². The maximum absolute atomic E-state index is 12.7. The zero-order valence-corrected chi connectivity index (χ0v) is 14.0. The first-order valence-electron chi connectivity index (χ1n) is 7.01. The van der Waals surface area contributed by atoms with Crippen LogP contribution in [0, 0.1) is 0 Å². The maximum atomic E-state index is 12.7. The fourth-order valence-electron chi connectivity index (χ4n) is 3.03. The minimum absolute atomic E-state index is 0.591. The SMILES string of the molecule is O=S(=O)(Nc1ccc2c(c1)CCC2)C1C(Cl)N=C2SC=CN21. The van der Waals surface area contributed by atoms with E-state index in [1.807, 2.05) is 18.2 Å². The maximum Gasteiger partial charge on any atom is 0.257 e. The quantitative estimate of drug-likeness (QED) is 0.669. The molecule has 2 atom stereocenters. The van der Waals surface area contributed by atoms with Crippen LogP contribution in [0.2, 0.25) is 0 Å². The van der Waals surface area contributed by atoms with Crippen LogP contribution in [0.3, 0.4) is 0 Å². The Labute approximate surface area is 138 Å². The lowest BCUT2D eigenvalue weighted by Gasteiger charge is -2.23. The van der Waals surface area contributed by atoms with Crippen LogP contribution in [0.4, 0.5) is 5.69 Å². The number of hydrogen-bond donors (Lipinski definition) is 1. The molecule has 1 aromatic rings. The van der Waals surface area contributed by atoms with Crippen molar-refractivity contribution in [2.24, 2.45) is 4.99 Å². The Bertz CT molecular complexity index is 791. The Kier molecular flexibility index (Phi) is 3.39. The van der Waals surface area contributed by atoms with E-state index in [1.54, 1.807) is 16.5 Å². The van der Waals surface area contributed by atoms with Gasteiger partial charge in [-0.25, -0.2) is 13.4 Å². The molecular formula is C14H14ClN3O2S2. The molecule has 3 aliphatic rings. The third kappa shape index (κ3) is 2.31. The summed E-state index contributed by atoms with van der Waals surface area (Å²) in [5.41, 5.74) is 2.32. The predicted octanol–water partition coefficient (Wildman–Crippen LogP) is 2.70. The number of rotatable bonds is 3. The van der Waals surface area contributed by atoms with Crippen LogP contribution in [0.15, 0.2) is 34.8 Å². The van der Waals surface area contributed by atoms with Crippen molar-refractivity contribution in [2.75, 3.05) is 4.72 Å². The molecule has 2 heterocycles. The minimum Gasteiger partial charge on any atom is -0.305 e. The molecule has 0 amide bonds. The highest BCUT2D eigenvalue weighted by molar-refractivity contribution is 8.16. The molecule has 1 N–H and O–H groups in total. The first-order chi connectivity index (χ1) is 10.5. The van der Waals surface area contributed by atoms with Crippen LogP contribution in [-0.2, 0) is 22.9 Å². The largest absolute Gasteiger partial charge is 0.305 e. The van der Waals surface area contributed by atoms with Gasteiger partial charge in [0.1, 0.15) is 0 Å². The predicted molar refractivity (Wildman–Crippen MR) is 90.4 cm³/mol. The van der Waals surface area contributed by atoms with Gasteiger partial charge in [0.25, 0.3) is 10.0 Å². The summed E-state index contributed by atoms with van der Waals surface area (Å²) in [6, 6.07) is 5.74. The van der Waals surface area contributed by atoms with Crippen molar-refractivity contribution >= 4 is 44.2 Å². The van der Waals surface area contributed by atoms with Crippen LogP contribution in [-0.4, -0.2) is 29.4 Å². The molecular weight excluding hydrogens is 342 g/mol. The van der Waals surface area contributed by atoms with Gasteiger partial charge in [0, 0.05) is 11.9 Å². The fraction of sp³-hybridized carbons (Fsp3) is 0.357. The van der Waals surface area contributed by atoms with Crippen molar-refractivity contribution < 1.29 is 8.42 Å². The molecule has 0 aromatic heterocycles. The molecule has 2 unspecified atom stereocenters. The van der Waals surface area contributed by atoms with Crippen molar-refractivity contribution in [3.05, 3.63) is 40.9 Å². The zero-order valence-electron chi connectivity index (χ0n) is 11.6. The van der Waals surface area contributed by atoms with Gasteiger partial charge in [-0.1, -0.05) is 29.4 Å². The molecule has 4 rings (SSSR count). The zero-order chi connectivity index (χ0) is 15.3. The van der Waals surface area contributed by atoms with E-state index in [4.69, 9.17) is 11.6 Å². The average molecular weight is 356 g/mol. The van der Waals surface area contributed by atoms with E-state index < -0.39 is 20.9 Å². The van der Waals surface area contributed by atoms with Crippen molar-refractivity contribution in [1.29, 1.82) is 0 Å². The minimum atomic E-state index is -3.67. The number of alkyl halides is 1. The van der Waals surface area contributed by atoms with E-state index in [0.29, 0.717) is 10.9 Å². The smallest absolute Gasteiger partial charge is 0.257 e. The van der Waals surface area contributed by atoms with Gasteiger partial charge in [-0.2, -0.15) is 0 Å². The molecule has 116 valence electrons. The van der Waals surface area contributed by atoms with Gasteiger partial charge in [-0.05, 0) is 47.9 Å². The summed E-state index contributed by atoms with van der Waals surface area (Å²) in [6.07, 6.45) is 4.91. The molecule has 1 aromatic carbocycles. The molecule has 22 heavy (non-hydrogen) atoms. The molecule has 0 radical (unpaired) electrons. The number of thioether (sulfide) groups is 1. The number of aryl methyl sites for hydroxylation is 2. The summed E-state index contributed by atoms with van der Waals surface area (Å²) in [6.45, 7) is 0. The van der Waals surface area contributed by atoms with Gasteiger partial charge < -0.3 is 4.90 Å². The standard InChI is InChI=1S/C14H14ClN3O2S2/c15-12-13(18-6-7-21-14(18)16-12)22(19,20)17-11-5-4-9-2-1-3-10(9)8-11/h4-8,12-13,17H,1-3H2. The molecule has 5 nitrogen and oxygen atoms in total.